The Hall–Kier alpha value is -1.21. The number of hydrogen-bond acceptors (Lipinski definition) is 7. The normalized spacial score (nSPS) is 21.0. The summed E-state index contributed by atoms with van der Waals surface area (Å²) in [5.41, 5.74) is 0. The van der Waals surface area contributed by atoms with E-state index in [1.807, 2.05) is 0 Å². The summed E-state index contributed by atoms with van der Waals surface area (Å²) in [5.74, 6) is 0.861. The van der Waals surface area contributed by atoms with Crippen LogP contribution in [0.25, 0.3) is 0 Å². The smallest absolute Gasteiger partial charge is 0.315 e. The van der Waals surface area contributed by atoms with Gasteiger partial charge in [0.25, 0.3) is 5.88 Å². The standard InChI is InChI=1S/C14H21N3O3S/c18-14(11-5-9-19-10-6-11)20-13-12(15-21-16-13)17-7-3-1-2-4-8-17/h11H,1-10H2. The molecule has 0 spiro atoms. The Morgan fingerprint density at radius 1 is 1.14 bits per heavy atom. The zero-order valence-corrected chi connectivity index (χ0v) is 12.9. The highest BCUT2D eigenvalue weighted by Gasteiger charge is 2.27. The maximum Gasteiger partial charge on any atom is 0.315 e. The van der Waals surface area contributed by atoms with E-state index >= 15 is 0 Å². The summed E-state index contributed by atoms with van der Waals surface area (Å²) < 4.78 is 19.3. The molecule has 6 nitrogen and oxygen atoms in total. The molecule has 21 heavy (non-hydrogen) atoms. The molecule has 0 aliphatic carbocycles. The van der Waals surface area contributed by atoms with Crippen molar-refractivity contribution in [2.45, 2.75) is 38.5 Å². The van der Waals surface area contributed by atoms with E-state index in [9.17, 15) is 4.79 Å². The Balaban J connectivity index is 1.65. The van der Waals surface area contributed by atoms with Crippen LogP contribution in [0.2, 0.25) is 0 Å². The summed E-state index contributed by atoms with van der Waals surface area (Å²) in [6.45, 7) is 3.20. The minimum absolute atomic E-state index is 0.0718. The molecule has 7 heteroatoms. The largest absolute Gasteiger partial charge is 0.402 e. The fraction of sp³-hybridized carbons (Fsp3) is 0.786. The zero-order valence-electron chi connectivity index (χ0n) is 12.1. The second kappa shape index (κ2) is 7.17. The van der Waals surface area contributed by atoms with Gasteiger partial charge in [0.1, 0.15) is 0 Å². The van der Waals surface area contributed by atoms with Crippen molar-refractivity contribution in [3.63, 3.8) is 0 Å². The number of rotatable bonds is 3. The first-order valence-electron chi connectivity index (χ1n) is 7.71. The number of hydrogen-bond donors (Lipinski definition) is 0. The van der Waals surface area contributed by atoms with Gasteiger partial charge < -0.3 is 14.4 Å². The van der Waals surface area contributed by atoms with Crippen molar-refractivity contribution in [1.29, 1.82) is 0 Å². The minimum atomic E-state index is -0.193. The van der Waals surface area contributed by atoms with Crippen LogP contribution in [0.1, 0.15) is 38.5 Å². The molecule has 0 atom stereocenters. The highest BCUT2D eigenvalue weighted by Crippen LogP contribution is 2.29. The summed E-state index contributed by atoms with van der Waals surface area (Å²) in [5, 5.41) is 0. The van der Waals surface area contributed by atoms with Crippen molar-refractivity contribution in [3.8, 4) is 5.88 Å². The fourth-order valence-electron chi connectivity index (χ4n) is 2.83. The second-order valence-corrected chi connectivity index (χ2v) is 6.13. The monoisotopic (exact) mass is 311 g/mol. The van der Waals surface area contributed by atoms with E-state index in [0.717, 1.165) is 56.3 Å². The lowest BCUT2D eigenvalue weighted by Gasteiger charge is -2.22. The average Bonchev–Trinajstić information content (AvgIpc) is 2.81. The third-order valence-electron chi connectivity index (χ3n) is 4.10. The number of carbonyl (C=O) groups is 1. The Labute approximate surface area is 128 Å². The molecule has 0 amide bonds. The highest BCUT2D eigenvalue weighted by atomic mass is 32.1. The topological polar surface area (TPSA) is 64.5 Å². The van der Waals surface area contributed by atoms with Gasteiger partial charge in [0.05, 0.1) is 17.6 Å². The Bertz CT molecular complexity index is 466. The lowest BCUT2D eigenvalue weighted by molar-refractivity contribution is -0.142. The van der Waals surface area contributed by atoms with Crippen LogP contribution in [0.15, 0.2) is 0 Å². The van der Waals surface area contributed by atoms with Gasteiger partial charge in [0.15, 0.2) is 0 Å². The first kappa shape index (κ1) is 14.7. The molecule has 2 fully saturated rings. The fourth-order valence-corrected chi connectivity index (χ4v) is 3.33. The van der Waals surface area contributed by atoms with Crippen molar-refractivity contribution in [3.05, 3.63) is 0 Å². The molecular formula is C14H21N3O3S. The van der Waals surface area contributed by atoms with E-state index in [-0.39, 0.29) is 11.9 Å². The number of anilines is 1. The number of aromatic nitrogens is 2. The number of ether oxygens (including phenoxy) is 2. The van der Waals surface area contributed by atoms with Gasteiger partial charge in [0, 0.05) is 26.3 Å². The molecule has 0 saturated carbocycles. The molecule has 2 aliphatic heterocycles. The van der Waals surface area contributed by atoms with Crippen LogP contribution in [0, 0.1) is 5.92 Å². The summed E-state index contributed by atoms with van der Waals surface area (Å²) in [4.78, 5) is 14.4. The Morgan fingerprint density at radius 2 is 1.86 bits per heavy atom. The van der Waals surface area contributed by atoms with Gasteiger partial charge in [-0.15, -0.1) is 4.37 Å². The van der Waals surface area contributed by atoms with Crippen molar-refractivity contribution < 1.29 is 14.3 Å². The Kier molecular flexibility index (Phi) is 5.03. The number of esters is 1. The molecular weight excluding hydrogens is 290 g/mol. The molecule has 0 bridgehead atoms. The predicted molar refractivity (Wildman–Crippen MR) is 79.8 cm³/mol. The van der Waals surface area contributed by atoms with Crippen LogP contribution in [0.5, 0.6) is 5.88 Å². The van der Waals surface area contributed by atoms with E-state index in [1.54, 1.807) is 0 Å². The summed E-state index contributed by atoms with van der Waals surface area (Å²) in [6.07, 6.45) is 6.29. The molecule has 0 aromatic carbocycles. The van der Waals surface area contributed by atoms with Crippen molar-refractivity contribution in [2.75, 3.05) is 31.2 Å². The van der Waals surface area contributed by atoms with Crippen molar-refractivity contribution in [1.82, 2.24) is 8.75 Å². The van der Waals surface area contributed by atoms with E-state index in [1.165, 1.54) is 12.8 Å². The zero-order chi connectivity index (χ0) is 14.5. The van der Waals surface area contributed by atoms with Crippen LogP contribution >= 0.6 is 11.7 Å². The predicted octanol–water partition coefficient (Wildman–Crippen LogP) is 2.25. The van der Waals surface area contributed by atoms with Crippen LogP contribution < -0.4 is 9.64 Å². The lowest BCUT2D eigenvalue weighted by Crippen LogP contribution is -2.29. The van der Waals surface area contributed by atoms with E-state index in [2.05, 4.69) is 13.6 Å². The van der Waals surface area contributed by atoms with Gasteiger partial charge in [-0.05, 0) is 25.7 Å². The highest BCUT2D eigenvalue weighted by molar-refractivity contribution is 6.99. The molecule has 1 aromatic heterocycles. The molecule has 3 heterocycles. The molecule has 3 rings (SSSR count). The number of nitrogens with zero attached hydrogens (tertiary/aromatic N) is 3. The summed E-state index contributed by atoms with van der Waals surface area (Å²) >= 11 is 1.11. The first-order valence-corrected chi connectivity index (χ1v) is 8.44. The maximum absolute atomic E-state index is 12.2. The third kappa shape index (κ3) is 3.71. The van der Waals surface area contributed by atoms with E-state index < -0.39 is 0 Å². The van der Waals surface area contributed by atoms with Gasteiger partial charge in [-0.2, -0.15) is 4.37 Å². The van der Waals surface area contributed by atoms with Gasteiger partial charge >= 0.3 is 5.97 Å². The van der Waals surface area contributed by atoms with Crippen LogP contribution in [-0.2, 0) is 9.53 Å². The first-order chi connectivity index (χ1) is 10.3. The van der Waals surface area contributed by atoms with E-state index in [0.29, 0.717) is 19.1 Å². The van der Waals surface area contributed by atoms with Crippen LogP contribution in [-0.4, -0.2) is 41.0 Å². The second-order valence-electron chi connectivity index (χ2n) is 5.60. The Morgan fingerprint density at radius 3 is 2.57 bits per heavy atom. The van der Waals surface area contributed by atoms with Gasteiger partial charge in [-0.25, -0.2) is 0 Å². The van der Waals surface area contributed by atoms with Crippen LogP contribution in [0.4, 0.5) is 5.82 Å². The molecule has 2 saturated heterocycles. The van der Waals surface area contributed by atoms with Gasteiger partial charge in [-0.3, -0.25) is 4.79 Å². The summed E-state index contributed by atoms with van der Waals surface area (Å²) in [6, 6.07) is 0. The third-order valence-corrected chi connectivity index (χ3v) is 4.60. The maximum atomic E-state index is 12.2. The van der Waals surface area contributed by atoms with Crippen LogP contribution in [0.3, 0.4) is 0 Å². The lowest BCUT2D eigenvalue weighted by atomic mass is 10.0. The molecule has 0 N–H and O–H groups in total. The number of carbonyl (C=O) groups excluding carboxylic acids is 1. The average molecular weight is 311 g/mol. The molecule has 0 radical (unpaired) electrons. The SMILES string of the molecule is O=C(Oc1nsnc1N1CCCCCC1)C1CCOCC1. The van der Waals surface area contributed by atoms with Crippen molar-refractivity contribution >= 4 is 23.5 Å². The van der Waals surface area contributed by atoms with Crippen molar-refractivity contribution in [2.24, 2.45) is 5.92 Å². The summed E-state index contributed by atoms with van der Waals surface area (Å²) in [7, 11) is 0. The molecule has 116 valence electrons. The van der Waals surface area contributed by atoms with E-state index in [4.69, 9.17) is 9.47 Å². The minimum Gasteiger partial charge on any atom is -0.402 e. The molecule has 2 aliphatic rings. The van der Waals surface area contributed by atoms with Gasteiger partial charge in [-0.1, -0.05) is 12.8 Å². The van der Waals surface area contributed by atoms with Gasteiger partial charge in [0.2, 0.25) is 5.82 Å². The molecule has 1 aromatic rings. The molecule has 0 unspecified atom stereocenters. The quantitative estimate of drug-likeness (QED) is 0.798.